The SMILES string of the molecule is CCCn1cc(CN=C(NC(=O)c2ccccc2F)Nc2ccc(Cl)cc2C)c(C)n1. The fraction of sp³-hybridized carbons (Fsp3) is 0.261. The molecule has 3 aromatic rings. The molecule has 8 heteroatoms. The average Bonchev–Trinajstić information content (AvgIpc) is 3.07. The lowest BCUT2D eigenvalue weighted by molar-refractivity contribution is 0.0973. The number of carbonyl (C=O) groups is 1. The summed E-state index contributed by atoms with van der Waals surface area (Å²) in [7, 11) is 0. The first-order valence-corrected chi connectivity index (χ1v) is 10.4. The molecule has 162 valence electrons. The lowest BCUT2D eigenvalue weighted by atomic mass is 10.2. The second-order valence-electron chi connectivity index (χ2n) is 7.19. The van der Waals surface area contributed by atoms with Gasteiger partial charge in [0.1, 0.15) is 5.82 Å². The summed E-state index contributed by atoms with van der Waals surface area (Å²) in [4.78, 5) is 17.2. The van der Waals surface area contributed by atoms with E-state index in [-0.39, 0.29) is 11.5 Å². The fourth-order valence-electron chi connectivity index (χ4n) is 3.05. The molecule has 0 aliphatic rings. The number of halogens is 2. The lowest BCUT2D eigenvalue weighted by Crippen LogP contribution is -2.36. The van der Waals surface area contributed by atoms with E-state index in [1.165, 1.54) is 18.2 Å². The number of carbonyl (C=O) groups excluding carboxylic acids is 1. The maximum Gasteiger partial charge on any atom is 0.260 e. The van der Waals surface area contributed by atoms with E-state index in [1.807, 2.05) is 24.7 Å². The van der Waals surface area contributed by atoms with Crippen LogP contribution in [0.2, 0.25) is 5.02 Å². The number of amides is 1. The molecule has 1 amide bonds. The Morgan fingerprint density at radius 3 is 2.71 bits per heavy atom. The highest BCUT2D eigenvalue weighted by Gasteiger charge is 2.14. The van der Waals surface area contributed by atoms with Gasteiger partial charge < -0.3 is 5.32 Å². The molecule has 0 bridgehead atoms. The van der Waals surface area contributed by atoms with Gasteiger partial charge in [-0.05, 0) is 56.2 Å². The zero-order valence-corrected chi connectivity index (χ0v) is 18.5. The Bertz CT molecular complexity index is 1110. The van der Waals surface area contributed by atoms with Gasteiger partial charge in [0.2, 0.25) is 5.96 Å². The van der Waals surface area contributed by atoms with E-state index in [0.717, 1.165) is 35.5 Å². The third-order valence-corrected chi connectivity index (χ3v) is 4.94. The van der Waals surface area contributed by atoms with Crippen molar-refractivity contribution in [2.45, 2.75) is 40.3 Å². The van der Waals surface area contributed by atoms with Gasteiger partial charge in [0.05, 0.1) is 17.8 Å². The number of anilines is 1. The summed E-state index contributed by atoms with van der Waals surface area (Å²) < 4.78 is 15.9. The maximum atomic E-state index is 14.1. The topological polar surface area (TPSA) is 71.3 Å². The Morgan fingerprint density at radius 2 is 2.00 bits per heavy atom. The van der Waals surface area contributed by atoms with Gasteiger partial charge in [0.15, 0.2) is 0 Å². The van der Waals surface area contributed by atoms with E-state index in [2.05, 4.69) is 27.6 Å². The molecule has 1 heterocycles. The lowest BCUT2D eigenvalue weighted by Gasteiger charge is -2.14. The van der Waals surface area contributed by atoms with Crippen LogP contribution in [0.5, 0.6) is 0 Å². The number of guanidine groups is 1. The Morgan fingerprint density at radius 1 is 1.23 bits per heavy atom. The molecule has 1 aromatic heterocycles. The first kappa shape index (κ1) is 22.5. The molecule has 2 aromatic carbocycles. The Labute approximate surface area is 186 Å². The van der Waals surface area contributed by atoms with Gasteiger partial charge in [-0.1, -0.05) is 30.7 Å². The van der Waals surface area contributed by atoms with E-state index in [1.54, 1.807) is 24.3 Å². The molecule has 0 aliphatic heterocycles. The molecule has 0 aliphatic carbocycles. The van der Waals surface area contributed by atoms with Gasteiger partial charge in [-0.15, -0.1) is 0 Å². The summed E-state index contributed by atoms with van der Waals surface area (Å²) in [5.41, 5.74) is 3.37. The van der Waals surface area contributed by atoms with Crippen LogP contribution in [-0.2, 0) is 13.1 Å². The monoisotopic (exact) mass is 441 g/mol. The van der Waals surface area contributed by atoms with Crippen LogP contribution >= 0.6 is 11.6 Å². The highest BCUT2D eigenvalue weighted by atomic mass is 35.5. The van der Waals surface area contributed by atoms with Gasteiger partial charge in [-0.2, -0.15) is 5.10 Å². The largest absolute Gasteiger partial charge is 0.326 e. The van der Waals surface area contributed by atoms with Crippen molar-refractivity contribution in [3.05, 3.63) is 81.9 Å². The molecule has 0 atom stereocenters. The third-order valence-electron chi connectivity index (χ3n) is 4.70. The summed E-state index contributed by atoms with van der Waals surface area (Å²) in [6, 6.07) is 11.2. The number of aryl methyl sites for hydroxylation is 3. The molecule has 31 heavy (non-hydrogen) atoms. The average molecular weight is 442 g/mol. The molecule has 6 nitrogen and oxygen atoms in total. The number of hydrogen-bond donors (Lipinski definition) is 2. The minimum atomic E-state index is -0.598. The van der Waals surface area contributed by atoms with Crippen LogP contribution in [0.4, 0.5) is 10.1 Å². The van der Waals surface area contributed by atoms with E-state index in [4.69, 9.17) is 11.6 Å². The van der Waals surface area contributed by atoms with E-state index in [0.29, 0.717) is 11.6 Å². The van der Waals surface area contributed by atoms with Crippen LogP contribution in [0, 0.1) is 19.7 Å². The Hall–Kier alpha value is -3.19. The number of aliphatic imine (C=N–C) groups is 1. The molecule has 0 saturated heterocycles. The molecule has 0 spiro atoms. The summed E-state index contributed by atoms with van der Waals surface area (Å²) >= 11 is 6.04. The second-order valence-corrected chi connectivity index (χ2v) is 7.62. The fourth-order valence-corrected chi connectivity index (χ4v) is 3.27. The van der Waals surface area contributed by atoms with E-state index < -0.39 is 11.7 Å². The highest BCUT2D eigenvalue weighted by molar-refractivity contribution is 6.30. The normalized spacial score (nSPS) is 11.5. The van der Waals surface area contributed by atoms with Crippen molar-refractivity contribution in [1.29, 1.82) is 0 Å². The molecule has 3 rings (SSSR count). The van der Waals surface area contributed by atoms with Crippen molar-refractivity contribution in [3.63, 3.8) is 0 Å². The number of benzene rings is 2. The Balaban J connectivity index is 1.87. The van der Waals surface area contributed by atoms with Crippen molar-refractivity contribution >= 4 is 29.2 Å². The van der Waals surface area contributed by atoms with Gasteiger partial charge >= 0.3 is 0 Å². The summed E-state index contributed by atoms with van der Waals surface area (Å²) in [6.07, 6.45) is 2.93. The van der Waals surface area contributed by atoms with Gasteiger partial charge in [0.25, 0.3) is 5.91 Å². The standard InChI is InChI=1S/C23H25ClFN5O/c1-4-11-30-14-17(16(3)29-30)13-26-23(27-21-10-9-18(24)12-15(21)2)28-22(31)19-7-5-6-8-20(19)25/h5-10,12,14H,4,11,13H2,1-3H3,(H2,26,27,28,31). The van der Waals surface area contributed by atoms with Gasteiger partial charge in [-0.3, -0.25) is 14.8 Å². The van der Waals surface area contributed by atoms with Crippen molar-refractivity contribution in [2.75, 3.05) is 5.32 Å². The first-order valence-electron chi connectivity index (χ1n) is 10.0. The van der Waals surface area contributed by atoms with Crippen LogP contribution in [-0.4, -0.2) is 21.6 Å². The highest BCUT2D eigenvalue weighted by Crippen LogP contribution is 2.20. The number of rotatable bonds is 6. The van der Waals surface area contributed by atoms with Crippen molar-refractivity contribution in [3.8, 4) is 0 Å². The van der Waals surface area contributed by atoms with Crippen LogP contribution < -0.4 is 10.6 Å². The Kier molecular flexibility index (Phi) is 7.41. The molecule has 0 fully saturated rings. The third kappa shape index (κ3) is 5.92. The number of hydrogen-bond acceptors (Lipinski definition) is 3. The minimum Gasteiger partial charge on any atom is -0.326 e. The second kappa shape index (κ2) is 10.2. The maximum absolute atomic E-state index is 14.1. The summed E-state index contributed by atoms with van der Waals surface area (Å²) in [5, 5.41) is 10.9. The van der Waals surface area contributed by atoms with Crippen LogP contribution in [0.25, 0.3) is 0 Å². The number of nitrogens with one attached hydrogen (secondary N) is 2. The predicted molar refractivity (Wildman–Crippen MR) is 122 cm³/mol. The smallest absolute Gasteiger partial charge is 0.260 e. The van der Waals surface area contributed by atoms with Crippen molar-refractivity contribution < 1.29 is 9.18 Å². The van der Waals surface area contributed by atoms with Gasteiger partial charge in [0, 0.05) is 29.0 Å². The molecular weight excluding hydrogens is 417 g/mol. The molecular formula is C23H25ClFN5O. The van der Waals surface area contributed by atoms with Gasteiger partial charge in [-0.25, -0.2) is 9.38 Å². The summed E-state index contributed by atoms with van der Waals surface area (Å²) in [6.45, 7) is 7.03. The minimum absolute atomic E-state index is 0.0585. The molecule has 0 unspecified atom stereocenters. The number of aromatic nitrogens is 2. The van der Waals surface area contributed by atoms with Crippen LogP contribution in [0.1, 0.15) is 40.5 Å². The van der Waals surface area contributed by atoms with E-state index >= 15 is 0 Å². The molecule has 0 saturated carbocycles. The first-order chi connectivity index (χ1) is 14.9. The zero-order chi connectivity index (χ0) is 22.4. The van der Waals surface area contributed by atoms with Crippen molar-refractivity contribution in [1.82, 2.24) is 15.1 Å². The zero-order valence-electron chi connectivity index (χ0n) is 17.7. The van der Waals surface area contributed by atoms with Crippen LogP contribution in [0.3, 0.4) is 0 Å². The summed E-state index contributed by atoms with van der Waals surface area (Å²) in [5.74, 6) is -0.977. The predicted octanol–water partition coefficient (Wildman–Crippen LogP) is 5.10. The number of nitrogens with zero attached hydrogens (tertiary/aromatic N) is 3. The van der Waals surface area contributed by atoms with E-state index in [9.17, 15) is 9.18 Å². The molecule has 2 N–H and O–H groups in total. The molecule has 0 radical (unpaired) electrons. The quantitative estimate of drug-likeness (QED) is 0.413. The van der Waals surface area contributed by atoms with Crippen molar-refractivity contribution in [2.24, 2.45) is 4.99 Å². The van der Waals surface area contributed by atoms with Crippen LogP contribution in [0.15, 0.2) is 53.7 Å².